The van der Waals surface area contributed by atoms with Crippen molar-refractivity contribution >= 4 is 11.8 Å². The minimum Gasteiger partial charge on any atom is -0.481 e. The second-order valence-electron chi connectivity index (χ2n) is 5.85. The Balaban J connectivity index is 1.97. The molecule has 1 aromatic rings. The summed E-state index contributed by atoms with van der Waals surface area (Å²) in [4.78, 5) is 24.2. The highest BCUT2D eigenvalue weighted by Gasteiger charge is 2.19. The van der Waals surface area contributed by atoms with Gasteiger partial charge in [-0.05, 0) is 6.92 Å². The predicted molar refractivity (Wildman–Crippen MR) is 81.8 cm³/mol. The second kappa shape index (κ2) is 6.85. The normalized spacial score (nSPS) is 16.5. The van der Waals surface area contributed by atoms with Crippen LogP contribution in [0.2, 0.25) is 0 Å². The van der Waals surface area contributed by atoms with E-state index in [1.165, 1.54) is 0 Å². The van der Waals surface area contributed by atoms with Gasteiger partial charge in [0.2, 0.25) is 0 Å². The number of nitrogens with zero attached hydrogens (tertiary/aromatic N) is 4. The van der Waals surface area contributed by atoms with Gasteiger partial charge in [-0.15, -0.1) is 0 Å². The van der Waals surface area contributed by atoms with Crippen LogP contribution in [0.25, 0.3) is 0 Å². The molecule has 1 saturated heterocycles. The minimum absolute atomic E-state index is 0.212. The Bertz CT molecular complexity index is 496. The van der Waals surface area contributed by atoms with Gasteiger partial charge in [0.25, 0.3) is 0 Å². The van der Waals surface area contributed by atoms with E-state index in [2.05, 4.69) is 33.6 Å². The van der Waals surface area contributed by atoms with Gasteiger partial charge in [-0.2, -0.15) is 0 Å². The molecule has 0 amide bonds. The van der Waals surface area contributed by atoms with E-state index < -0.39 is 5.97 Å². The van der Waals surface area contributed by atoms with Gasteiger partial charge in [0, 0.05) is 50.4 Å². The first-order chi connectivity index (χ1) is 9.95. The van der Waals surface area contributed by atoms with Crippen molar-refractivity contribution in [3.63, 3.8) is 0 Å². The summed E-state index contributed by atoms with van der Waals surface area (Å²) in [6.07, 6.45) is 0.212. The van der Waals surface area contributed by atoms with E-state index in [4.69, 9.17) is 5.11 Å². The van der Waals surface area contributed by atoms with Crippen molar-refractivity contribution in [2.45, 2.75) is 33.1 Å². The van der Waals surface area contributed by atoms with Crippen molar-refractivity contribution in [2.24, 2.45) is 0 Å². The molecule has 1 aliphatic rings. The third kappa shape index (κ3) is 4.39. The molecule has 2 heterocycles. The van der Waals surface area contributed by atoms with Crippen molar-refractivity contribution in [2.75, 3.05) is 37.6 Å². The molecule has 0 saturated carbocycles. The maximum Gasteiger partial charge on any atom is 0.304 e. The molecule has 1 fully saturated rings. The summed E-state index contributed by atoms with van der Waals surface area (Å²) in [6, 6.07) is 2.03. The Kier molecular flexibility index (Phi) is 5.12. The fraction of sp³-hybridized carbons (Fsp3) is 0.667. The first kappa shape index (κ1) is 15.7. The van der Waals surface area contributed by atoms with Gasteiger partial charge in [0.15, 0.2) is 0 Å². The number of carbonyl (C=O) groups is 1. The van der Waals surface area contributed by atoms with E-state index in [-0.39, 0.29) is 6.42 Å². The van der Waals surface area contributed by atoms with Crippen LogP contribution in [-0.2, 0) is 4.79 Å². The zero-order valence-corrected chi connectivity index (χ0v) is 13.0. The number of rotatable bonds is 5. The van der Waals surface area contributed by atoms with Crippen molar-refractivity contribution in [3.05, 3.63) is 17.6 Å². The maximum absolute atomic E-state index is 10.6. The largest absolute Gasteiger partial charge is 0.481 e. The molecule has 1 aliphatic heterocycles. The lowest BCUT2D eigenvalue weighted by molar-refractivity contribution is -0.137. The van der Waals surface area contributed by atoms with Crippen LogP contribution in [0.5, 0.6) is 0 Å². The fourth-order valence-electron chi connectivity index (χ4n) is 2.45. The molecule has 0 bridgehead atoms. The minimum atomic E-state index is -0.731. The van der Waals surface area contributed by atoms with Crippen LogP contribution < -0.4 is 4.90 Å². The summed E-state index contributed by atoms with van der Waals surface area (Å²) in [5.41, 5.74) is 0.997. The van der Waals surface area contributed by atoms with Crippen LogP contribution in [-0.4, -0.2) is 58.7 Å². The van der Waals surface area contributed by atoms with Crippen LogP contribution in [0.1, 0.15) is 37.7 Å². The Labute approximate surface area is 125 Å². The average Bonchev–Trinajstić information content (AvgIpc) is 2.45. The molecule has 6 heteroatoms. The number of piperazine rings is 1. The number of aryl methyl sites for hydroxylation is 1. The van der Waals surface area contributed by atoms with Crippen molar-refractivity contribution < 1.29 is 9.90 Å². The van der Waals surface area contributed by atoms with Crippen LogP contribution >= 0.6 is 0 Å². The van der Waals surface area contributed by atoms with Gasteiger partial charge in [0.05, 0.1) is 6.42 Å². The SMILES string of the molecule is Cc1cc(N2CCN(CCC(=O)O)CC2)nc(C(C)C)n1. The molecule has 116 valence electrons. The van der Waals surface area contributed by atoms with Crippen LogP contribution in [0.4, 0.5) is 5.82 Å². The monoisotopic (exact) mass is 292 g/mol. The lowest BCUT2D eigenvalue weighted by atomic mass is 10.2. The Morgan fingerprint density at radius 1 is 1.29 bits per heavy atom. The lowest BCUT2D eigenvalue weighted by Crippen LogP contribution is -2.47. The average molecular weight is 292 g/mol. The quantitative estimate of drug-likeness (QED) is 0.887. The molecular formula is C15H24N4O2. The topological polar surface area (TPSA) is 69.6 Å². The zero-order chi connectivity index (χ0) is 15.4. The lowest BCUT2D eigenvalue weighted by Gasteiger charge is -2.35. The Morgan fingerprint density at radius 2 is 1.95 bits per heavy atom. The van der Waals surface area contributed by atoms with Crippen molar-refractivity contribution in [1.82, 2.24) is 14.9 Å². The highest BCUT2D eigenvalue weighted by atomic mass is 16.4. The molecule has 21 heavy (non-hydrogen) atoms. The van der Waals surface area contributed by atoms with E-state index in [0.29, 0.717) is 12.5 Å². The van der Waals surface area contributed by atoms with Gasteiger partial charge >= 0.3 is 5.97 Å². The smallest absolute Gasteiger partial charge is 0.304 e. The van der Waals surface area contributed by atoms with Crippen molar-refractivity contribution in [1.29, 1.82) is 0 Å². The molecule has 0 radical (unpaired) electrons. The molecule has 0 unspecified atom stereocenters. The number of hydrogen-bond donors (Lipinski definition) is 1. The molecule has 1 aromatic heterocycles. The maximum atomic E-state index is 10.6. The third-order valence-corrected chi connectivity index (χ3v) is 3.71. The number of anilines is 1. The summed E-state index contributed by atoms with van der Waals surface area (Å²) in [7, 11) is 0. The van der Waals surface area contributed by atoms with Crippen LogP contribution in [0, 0.1) is 6.92 Å². The summed E-state index contributed by atoms with van der Waals surface area (Å²) >= 11 is 0. The summed E-state index contributed by atoms with van der Waals surface area (Å²) in [6.45, 7) is 10.4. The molecular weight excluding hydrogens is 268 g/mol. The fourth-order valence-corrected chi connectivity index (χ4v) is 2.45. The van der Waals surface area contributed by atoms with E-state index >= 15 is 0 Å². The number of aliphatic carboxylic acids is 1. The van der Waals surface area contributed by atoms with Crippen LogP contribution in [0.15, 0.2) is 6.07 Å². The van der Waals surface area contributed by atoms with Gasteiger partial charge in [-0.25, -0.2) is 9.97 Å². The number of carboxylic acid groups (broad SMARTS) is 1. The van der Waals surface area contributed by atoms with Crippen LogP contribution in [0.3, 0.4) is 0 Å². The summed E-state index contributed by atoms with van der Waals surface area (Å²) < 4.78 is 0. The molecule has 1 N–H and O–H groups in total. The predicted octanol–water partition coefficient (Wildman–Crippen LogP) is 1.51. The Hall–Kier alpha value is -1.69. The highest BCUT2D eigenvalue weighted by Crippen LogP contribution is 2.18. The summed E-state index contributed by atoms with van der Waals surface area (Å²) in [5, 5.41) is 8.73. The third-order valence-electron chi connectivity index (χ3n) is 3.71. The molecule has 6 nitrogen and oxygen atoms in total. The highest BCUT2D eigenvalue weighted by molar-refractivity contribution is 5.66. The van der Waals surface area contributed by atoms with Gasteiger partial charge in [0.1, 0.15) is 11.6 Å². The van der Waals surface area contributed by atoms with E-state index in [0.717, 1.165) is 43.5 Å². The van der Waals surface area contributed by atoms with Gasteiger partial charge < -0.3 is 10.0 Å². The molecule has 0 aliphatic carbocycles. The van der Waals surface area contributed by atoms with E-state index in [1.54, 1.807) is 0 Å². The number of carboxylic acids is 1. The second-order valence-corrected chi connectivity index (χ2v) is 5.85. The van der Waals surface area contributed by atoms with E-state index in [1.807, 2.05) is 13.0 Å². The summed E-state index contributed by atoms with van der Waals surface area (Å²) in [5.74, 6) is 1.47. The first-order valence-electron chi connectivity index (χ1n) is 7.50. The zero-order valence-electron chi connectivity index (χ0n) is 13.0. The standard InChI is InChI=1S/C15H24N4O2/c1-11(2)15-16-12(3)10-13(17-15)19-8-6-18(7-9-19)5-4-14(20)21/h10-11H,4-9H2,1-3H3,(H,20,21). The molecule has 0 atom stereocenters. The molecule has 0 aromatic carbocycles. The molecule has 2 rings (SSSR count). The molecule has 0 spiro atoms. The number of hydrogen-bond acceptors (Lipinski definition) is 5. The van der Waals surface area contributed by atoms with E-state index in [9.17, 15) is 4.79 Å². The van der Waals surface area contributed by atoms with Crippen molar-refractivity contribution in [3.8, 4) is 0 Å². The first-order valence-corrected chi connectivity index (χ1v) is 7.50. The number of aromatic nitrogens is 2. The van der Waals surface area contributed by atoms with Gasteiger partial charge in [-0.1, -0.05) is 13.8 Å². The Morgan fingerprint density at radius 3 is 2.52 bits per heavy atom. The van der Waals surface area contributed by atoms with Gasteiger partial charge in [-0.3, -0.25) is 9.69 Å².